The van der Waals surface area contributed by atoms with Crippen LogP contribution in [0.1, 0.15) is 6.42 Å². The molecule has 9 nitrogen and oxygen atoms in total. The molecule has 0 bridgehead atoms. The zero-order chi connectivity index (χ0) is 19.4. The van der Waals surface area contributed by atoms with Gasteiger partial charge in [0.05, 0.1) is 42.0 Å². The maximum absolute atomic E-state index is 12.7. The number of thioether (sulfide) groups is 1. The second-order valence-corrected chi connectivity index (χ2v) is 8.72. The summed E-state index contributed by atoms with van der Waals surface area (Å²) in [5, 5.41) is 0.476. The summed E-state index contributed by atoms with van der Waals surface area (Å²) in [6.45, 7) is 1.41. The van der Waals surface area contributed by atoms with Crippen LogP contribution in [0.2, 0.25) is 0 Å². The van der Waals surface area contributed by atoms with E-state index in [9.17, 15) is 18.0 Å². The molecule has 1 aliphatic heterocycles. The molecule has 146 valence electrons. The van der Waals surface area contributed by atoms with Gasteiger partial charge in [-0.25, -0.2) is 13.4 Å². The minimum Gasteiger partial charge on any atom is -0.469 e. The fraction of sp³-hybridized carbons (Fsp3) is 0.438. The fourth-order valence-electron chi connectivity index (χ4n) is 2.56. The Labute approximate surface area is 160 Å². The van der Waals surface area contributed by atoms with E-state index in [0.29, 0.717) is 42.5 Å². The van der Waals surface area contributed by atoms with E-state index in [1.54, 1.807) is 6.07 Å². The second-order valence-electron chi connectivity index (χ2n) is 5.82. The van der Waals surface area contributed by atoms with Gasteiger partial charge in [-0.2, -0.15) is 4.31 Å². The van der Waals surface area contributed by atoms with Gasteiger partial charge in [0.25, 0.3) is 0 Å². The van der Waals surface area contributed by atoms with Crippen LogP contribution in [0, 0.1) is 0 Å². The van der Waals surface area contributed by atoms with Crippen molar-refractivity contribution in [2.75, 3.05) is 39.2 Å². The molecule has 2 aromatic rings. The molecule has 27 heavy (non-hydrogen) atoms. The smallest absolute Gasteiger partial charge is 0.313 e. The molecule has 1 aromatic carbocycles. The van der Waals surface area contributed by atoms with E-state index in [1.807, 2.05) is 0 Å². The third-order valence-electron chi connectivity index (χ3n) is 3.98. The summed E-state index contributed by atoms with van der Waals surface area (Å²) in [6.07, 6.45) is -0.286. The number of carbonyl (C=O) groups excluding carboxylic acids is 2. The van der Waals surface area contributed by atoms with Crippen LogP contribution in [0.25, 0.3) is 11.0 Å². The number of morpholine rings is 1. The van der Waals surface area contributed by atoms with Crippen LogP contribution in [0.15, 0.2) is 28.3 Å². The quantitative estimate of drug-likeness (QED) is 0.402. The average Bonchev–Trinajstić information content (AvgIpc) is 3.09. The Balaban J connectivity index is 1.73. The van der Waals surface area contributed by atoms with E-state index in [1.165, 1.54) is 23.5 Å². The standard InChI is InChI=1S/C16H19N3O6S2/c1-24-15(21)8-11(20)10-26-16-17-13-3-2-12(9-14(13)18-16)27(22,23)19-4-6-25-7-5-19/h2-3,9H,4-8,10H2,1H3,(H,17,18). The van der Waals surface area contributed by atoms with Gasteiger partial charge < -0.3 is 14.5 Å². The Morgan fingerprint density at radius 2 is 2.07 bits per heavy atom. The van der Waals surface area contributed by atoms with Gasteiger partial charge in [0.15, 0.2) is 10.9 Å². The van der Waals surface area contributed by atoms with Crippen LogP contribution in [-0.4, -0.2) is 73.6 Å². The molecule has 0 aliphatic carbocycles. The molecule has 1 saturated heterocycles. The van der Waals surface area contributed by atoms with Gasteiger partial charge in [-0.15, -0.1) is 0 Å². The number of imidazole rings is 1. The van der Waals surface area contributed by atoms with Crippen LogP contribution in [0.4, 0.5) is 0 Å². The molecular formula is C16H19N3O6S2. The Bertz CT molecular complexity index is 950. The van der Waals surface area contributed by atoms with Gasteiger partial charge in [0.2, 0.25) is 10.0 Å². The lowest BCUT2D eigenvalue weighted by Gasteiger charge is -2.25. The normalized spacial score (nSPS) is 15.7. The number of ether oxygens (including phenoxy) is 2. The molecule has 11 heteroatoms. The molecule has 0 radical (unpaired) electrons. The average molecular weight is 413 g/mol. The molecular weight excluding hydrogens is 394 g/mol. The van der Waals surface area contributed by atoms with Crippen LogP contribution in [0.5, 0.6) is 0 Å². The zero-order valence-corrected chi connectivity index (χ0v) is 16.3. The summed E-state index contributed by atoms with van der Waals surface area (Å²) >= 11 is 1.15. The number of aromatic amines is 1. The Hall–Kier alpha value is -1.95. The van der Waals surface area contributed by atoms with Crippen molar-refractivity contribution in [1.29, 1.82) is 0 Å². The van der Waals surface area contributed by atoms with E-state index in [0.717, 1.165) is 11.8 Å². The third kappa shape index (κ3) is 4.67. The highest BCUT2D eigenvalue weighted by Gasteiger charge is 2.26. The minimum atomic E-state index is -3.59. The molecule has 1 aromatic heterocycles. The number of Topliss-reactive ketones (excluding diaryl/α,β-unsaturated/α-hetero) is 1. The number of hydrogen-bond donors (Lipinski definition) is 1. The maximum Gasteiger partial charge on any atom is 0.313 e. The predicted molar refractivity (Wildman–Crippen MR) is 98.0 cm³/mol. The van der Waals surface area contributed by atoms with Crippen molar-refractivity contribution in [3.63, 3.8) is 0 Å². The second kappa shape index (κ2) is 8.38. The molecule has 0 amide bonds. The summed E-state index contributed by atoms with van der Waals surface area (Å²) in [6, 6.07) is 4.68. The van der Waals surface area contributed by atoms with Crippen molar-refractivity contribution in [3.05, 3.63) is 18.2 Å². The third-order valence-corrected chi connectivity index (χ3v) is 6.81. The van der Waals surface area contributed by atoms with Gasteiger partial charge in [-0.1, -0.05) is 11.8 Å². The first-order valence-electron chi connectivity index (χ1n) is 8.19. The summed E-state index contributed by atoms with van der Waals surface area (Å²) in [5.41, 5.74) is 1.16. The maximum atomic E-state index is 12.7. The molecule has 1 fully saturated rings. The number of rotatable bonds is 7. The molecule has 3 rings (SSSR count). The highest BCUT2D eigenvalue weighted by atomic mass is 32.2. The number of ketones is 1. The lowest BCUT2D eigenvalue weighted by atomic mass is 10.3. The van der Waals surface area contributed by atoms with E-state index in [4.69, 9.17) is 4.74 Å². The number of aromatic nitrogens is 2. The first-order valence-corrected chi connectivity index (χ1v) is 10.6. The van der Waals surface area contributed by atoms with Gasteiger partial charge >= 0.3 is 5.97 Å². The van der Waals surface area contributed by atoms with Gasteiger partial charge in [0.1, 0.15) is 6.42 Å². The topological polar surface area (TPSA) is 119 Å². The number of hydrogen-bond acceptors (Lipinski definition) is 8. The number of fused-ring (bicyclic) bond motifs is 1. The number of nitrogens with one attached hydrogen (secondary N) is 1. The van der Waals surface area contributed by atoms with Crippen LogP contribution in [0.3, 0.4) is 0 Å². The van der Waals surface area contributed by atoms with E-state index < -0.39 is 16.0 Å². The number of carbonyl (C=O) groups is 2. The van der Waals surface area contributed by atoms with Crippen molar-refractivity contribution < 1.29 is 27.5 Å². The summed E-state index contributed by atoms with van der Waals surface area (Å²) in [7, 11) is -2.37. The van der Waals surface area contributed by atoms with Crippen molar-refractivity contribution in [1.82, 2.24) is 14.3 Å². The monoisotopic (exact) mass is 413 g/mol. The Morgan fingerprint density at radius 3 is 2.78 bits per heavy atom. The van der Waals surface area contributed by atoms with Gasteiger partial charge in [-0.05, 0) is 18.2 Å². The number of esters is 1. The largest absolute Gasteiger partial charge is 0.469 e. The Morgan fingerprint density at radius 1 is 1.33 bits per heavy atom. The van der Waals surface area contributed by atoms with Crippen LogP contribution < -0.4 is 0 Å². The van der Waals surface area contributed by atoms with E-state index in [2.05, 4.69) is 14.7 Å². The summed E-state index contributed by atoms with van der Waals surface area (Å²) < 4.78 is 36.5. The number of benzene rings is 1. The zero-order valence-electron chi connectivity index (χ0n) is 14.6. The molecule has 2 heterocycles. The minimum absolute atomic E-state index is 0.0633. The molecule has 0 saturated carbocycles. The van der Waals surface area contributed by atoms with Gasteiger partial charge in [0, 0.05) is 13.1 Å². The predicted octanol–water partition coefficient (Wildman–Crippen LogP) is 0.808. The first kappa shape index (κ1) is 19.8. The lowest BCUT2D eigenvalue weighted by molar-refractivity contribution is -0.142. The molecule has 1 N–H and O–H groups in total. The van der Waals surface area contributed by atoms with Crippen molar-refractivity contribution in [3.8, 4) is 0 Å². The number of H-pyrrole nitrogens is 1. The van der Waals surface area contributed by atoms with E-state index in [-0.39, 0.29) is 22.9 Å². The van der Waals surface area contributed by atoms with E-state index >= 15 is 0 Å². The summed E-state index contributed by atoms with van der Waals surface area (Å²) in [4.78, 5) is 30.3. The summed E-state index contributed by atoms with van der Waals surface area (Å²) in [5.74, 6) is -0.792. The van der Waals surface area contributed by atoms with Crippen molar-refractivity contribution in [2.24, 2.45) is 0 Å². The van der Waals surface area contributed by atoms with Gasteiger partial charge in [-0.3, -0.25) is 9.59 Å². The van der Waals surface area contributed by atoms with Crippen LogP contribution >= 0.6 is 11.8 Å². The molecule has 0 spiro atoms. The molecule has 0 unspecified atom stereocenters. The highest BCUT2D eigenvalue weighted by Crippen LogP contribution is 2.24. The molecule has 1 aliphatic rings. The molecule has 0 atom stereocenters. The fourth-order valence-corrected chi connectivity index (χ4v) is 4.74. The van der Waals surface area contributed by atoms with Crippen molar-refractivity contribution in [2.45, 2.75) is 16.5 Å². The highest BCUT2D eigenvalue weighted by molar-refractivity contribution is 7.99. The SMILES string of the molecule is COC(=O)CC(=O)CSc1nc2ccc(S(=O)(=O)N3CCOCC3)cc2[nH]1. The number of methoxy groups -OCH3 is 1. The van der Waals surface area contributed by atoms with Crippen LogP contribution in [-0.2, 0) is 29.1 Å². The van der Waals surface area contributed by atoms with Crippen molar-refractivity contribution >= 4 is 44.6 Å². The lowest BCUT2D eigenvalue weighted by Crippen LogP contribution is -2.40. The number of sulfonamides is 1. The Kier molecular flexibility index (Phi) is 6.15. The first-order chi connectivity index (χ1) is 12.9. The number of nitrogens with zero attached hydrogens (tertiary/aromatic N) is 2.